The van der Waals surface area contributed by atoms with Crippen molar-refractivity contribution in [3.63, 3.8) is 0 Å². The highest BCUT2D eigenvalue weighted by atomic mass is 35.5. The van der Waals surface area contributed by atoms with Crippen LogP contribution < -0.4 is 0 Å². The number of aliphatic imine (C=N–C) groups is 2. The van der Waals surface area contributed by atoms with Gasteiger partial charge in [-0.05, 0) is 23.2 Å². The van der Waals surface area contributed by atoms with Crippen LogP contribution in [0.25, 0.3) is 0 Å². The fourth-order valence-electron chi connectivity index (χ4n) is 0.420. The molecule has 0 aliphatic carbocycles. The SMILES string of the molecule is CN1CN=C(Cl)N=C1Cl. The number of rotatable bonds is 0. The lowest BCUT2D eigenvalue weighted by molar-refractivity contribution is 0.527. The zero-order valence-electron chi connectivity index (χ0n) is 4.80. The Labute approximate surface area is 63.0 Å². The largest absolute Gasteiger partial charge is 0.330 e. The van der Waals surface area contributed by atoms with Gasteiger partial charge in [-0.25, -0.2) is 4.99 Å². The second-order valence-corrected chi connectivity index (χ2v) is 2.32. The van der Waals surface area contributed by atoms with Crippen molar-refractivity contribution < 1.29 is 0 Å². The molecule has 5 heteroatoms. The minimum atomic E-state index is 0.220. The summed E-state index contributed by atoms with van der Waals surface area (Å²) in [6, 6.07) is 0. The highest BCUT2D eigenvalue weighted by Crippen LogP contribution is 2.03. The summed E-state index contributed by atoms with van der Waals surface area (Å²) in [5, 5.41) is 0.605. The Bertz CT molecular complexity index is 175. The van der Waals surface area contributed by atoms with Gasteiger partial charge in [-0.1, -0.05) is 0 Å². The van der Waals surface area contributed by atoms with Crippen LogP contribution in [-0.2, 0) is 0 Å². The molecule has 1 aliphatic heterocycles. The van der Waals surface area contributed by atoms with Crippen LogP contribution in [0.3, 0.4) is 0 Å². The molecule has 9 heavy (non-hydrogen) atoms. The van der Waals surface area contributed by atoms with Crippen molar-refractivity contribution in [1.82, 2.24) is 4.90 Å². The lowest BCUT2D eigenvalue weighted by atomic mass is 10.8. The second kappa shape index (κ2) is 2.54. The minimum absolute atomic E-state index is 0.220. The van der Waals surface area contributed by atoms with Crippen LogP contribution >= 0.6 is 23.2 Å². The highest BCUT2D eigenvalue weighted by molar-refractivity contribution is 6.71. The molecule has 0 unspecified atom stereocenters. The van der Waals surface area contributed by atoms with Gasteiger partial charge in [0.2, 0.25) is 10.6 Å². The Kier molecular flexibility index (Phi) is 1.93. The number of hydrogen-bond donors (Lipinski definition) is 0. The van der Waals surface area contributed by atoms with E-state index in [0.717, 1.165) is 0 Å². The Morgan fingerprint density at radius 3 is 2.67 bits per heavy atom. The summed E-state index contributed by atoms with van der Waals surface area (Å²) in [5.41, 5.74) is 0. The lowest BCUT2D eigenvalue weighted by Crippen LogP contribution is -2.26. The fourth-order valence-corrected chi connectivity index (χ4v) is 0.730. The van der Waals surface area contributed by atoms with Gasteiger partial charge >= 0.3 is 0 Å². The maximum absolute atomic E-state index is 5.57. The summed E-state index contributed by atoms with van der Waals surface area (Å²) in [5.74, 6) is 0. The molecule has 1 rings (SSSR count). The summed E-state index contributed by atoms with van der Waals surface area (Å²) >= 11 is 11.0. The Morgan fingerprint density at radius 1 is 1.56 bits per heavy atom. The molecule has 3 nitrogen and oxygen atoms in total. The Hall–Kier alpha value is -0.280. The summed E-state index contributed by atoms with van der Waals surface area (Å²) in [6.45, 7) is 0.487. The van der Waals surface area contributed by atoms with Crippen LogP contribution in [0.4, 0.5) is 0 Å². The second-order valence-electron chi connectivity index (χ2n) is 1.65. The van der Waals surface area contributed by atoms with Crippen molar-refractivity contribution in [3.05, 3.63) is 0 Å². The molecule has 0 aromatic carbocycles. The Morgan fingerprint density at radius 2 is 2.22 bits per heavy atom. The third kappa shape index (κ3) is 1.56. The maximum Gasteiger partial charge on any atom is 0.222 e. The number of hydrogen-bond acceptors (Lipinski definition) is 3. The molecule has 0 N–H and O–H groups in total. The van der Waals surface area contributed by atoms with E-state index in [4.69, 9.17) is 23.2 Å². The van der Waals surface area contributed by atoms with E-state index in [2.05, 4.69) is 9.98 Å². The molecule has 0 saturated heterocycles. The van der Waals surface area contributed by atoms with Crippen molar-refractivity contribution in [2.45, 2.75) is 0 Å². The first-order valence-electron chi connectivity index (χ1n) is 2.35. The zero-order valence-corrected chi connectivity index (χ0v) is 6.32. The van der Waals surface area contributed by atoms with Crippen molar-refractivity contribution in [2.24, 2.45) is 9.98 Å². The minimum Gasteiger partial charge on any atom is -0.330 e. The van der Waals surface area contributed by atoms with E-state index >= 15 is 0 Å². The van der Waals surface area contributed by atoms with Crippen LogP contribution in [0.15, 0.2) is 9.98 Å². The molecule has 0 saturated carbocycles. The summed E-state index contributed by atoms with van der Waals surface area (Å²) in [7, 11) is 1.79. The van der Waals surface area contributed by atoms with Crippen LogP contribution in [-0.4, -0.2) is 29.2 Å². The van der Waals surface area contributed by atoms with Gasteiger partial charge in [0.05, 0.1) is 0 Å². The van der Waals surface area contributed by atoms with E-state index in [0.29, 0.717) is 12.0 Å². The standard InChI is InChI=1S/C4H5Cl2N3/c1-9-2-7-3(5)8-4(9)6/h2H2,1H3. The molecule has 0 spiro atoms. The molecule has 1 heterocycles. The average molecular weight is 166 g/mol. The smallest absolute Gasteiger partial charge is 0.222 e. The molecular weight excluding hydrogens is 161 g/mol. The fraction of sp³-hybridized carbons (Fsp3) is 0.500. The van der Waals surface area contributed by atoms with E-state index < -0.39 is 0 Å². The number of nitrogens with zero attached hydrogens (tertiary/aromatic N) is 3. The molecule has 0 radical (unpaired) electrons. The van der Waals surface area contributed by atoms with E-state index in [1.165, 1.54) is 0 Å². The van der Waals surface area contributed by atoms with Crippen LogP contribution in [0.1, 0.15) is 0 Å². The van der Waals surface area contributed by atoms with Crippen LogP contribution in [0.2, 0.25) is 0 Å². The van der Waals surface area contributed by atoms with Gasteiger partial charge in [0, 0.05) is 7.05 Å². The van der Waals surface area contributed by atoms with E-state index in [9.17, 15) is 0 Å². The monoisotopic (exact) mass is 165 g/mol. The van der Waals surface area contributed by atoms with Gasteiger partial charge in [-0.2, -0.15) is 4.99 Å². The zero-order chi connectivity index (χ0) is 6.85. The van der Waals surface area contributed by atoms with Crippen molar-refractivity contribution in [2.75, 3.05) is 13.7 Å². The van der Waals surface area contributed by atoms with Crippen molar-refractivity contribution in [1.29, 1.82) is 0 Å². The van der Waals surface area contributed by atoms with Gasteiger partial charge in [0.25, 0.3) is 0 Å². The van der Waals surface area contributed by atoms with E-state index in [-0.39, 0.29) is 5.29 Å². The first-order valence-corrected chi connectivity index (χ1v) is 3.11. The predicted octanol–water partition coefficient (Wildman–Crippen LogP) is 1.08. The van der Waals surface area contributed by atoms with E-state index in [1.54, 1.807) is 11.9 Å². The number of halogens is 2. The Balaban J connectivity index is 2.74. The third-order valence-electron chi connectivity index (χ3n) is 0.913. The molecule has 0 aromatic heterocycles. The molecule has 50 valence electrons. The first-order chi connectivity index (χ1) is 4.20. The molecule has 0 atom stereocenters. The van der Waals surface area contributed by atoms with Crippen molar-refractivity contribution >= 4 is 33.8 Å². The molecular formula is C4H5Cl2N3. The molecule has 1 aliphatic rings. The van der Waals surface area contributed by atoms with Crippen LogP contribution in [0, 0.1) is 0 Å². The average Bonchev–Trinajstić information content (AvgIpc) is 1.80. The van der Waals surface area contributed by atoms with Crippen LogP contribution in [0.5, 0.6) is 0 Å². The molecule has 0 amide bonds. The normalized spacial score (nSPS) is 19.2. The number of amidine groups is 2. The van der Waals surface area contributed by atoms with E-state index in [1.807, 2.05) is 0 Å². The van der Waals surface area contributed by atoms with Gasteiger partial charge in [-0.3, -0.25) is 0 Å². The summed E-state index contributed by atoms with van der Waals surface area (Å²) in [6.07, 6.45) is 0. The topological polar surface area (TPSA) is 28.0 Å². The van der Waals surface area contributed by atoms with Gasteiger partial charge in [0.1, 0.15) is 6.67 Å². The predicted molar refractivity (Wildman–Crippen MR) is 39.2 cm³/mol. The van der Waals surface area contributed by atoms with Gasteiger partial charge in [0.15, 0.2) is 0 Å². The summed E-state index contributed by atoms with van der Waals surface area (Å²) in [4.78, 5) is 9.17. The molecule has 0 bridgehead atoms. The van der Waals surface area contributed by atoms with Crippen molar-refractivity contribution in [3.8, 4) is 0 Å². The molecule has 0 fully saturated rings. The lowest BCUT2D eigenvalue weighted by Gasteiger charge is -2.16. The highest BCUT2D eigenvalue weighted by Gasteiger charge is 2.07. The third-order valence-corrected chi connectivity index (χ3v) is 1.49. The molecule has 0 aromatic rings. The quantitative estimate of drug-likeness (QED) is 0.494. The van der Waals surface area contributed by atoms with Gasteiger partial charge < -0.3 is 4.90 Å². The first kappa shape index (κ1) is 6.83. The summed E-state index contributed by atoms with van der Waals surface area (Å²) < 4.78 is 0. The van der Waals surface area contributed by atoms with Gasteiger partial charge in [-0.15, -0.1) is 0 Å². The maximum atomic E-state index is 5.57.